The summed E-state index contributed by atoms with van der Waals surface area (Å²) in [6, 6.07) is 4.09. The van der Waals surface area contributed by atoms with Gasteiger partial charge in [0.05, 0.1) is 5.69 Å². The zero-order valence-corrected chi connectivity index (χ0v) is 11.0. The number of hydrogen-bond acceptors (Lipinski definition) is 3. The van der Waals surface area contributed by atoms with Crippen LogP contribution >= 0.6 is 15.9 Å². The van der Waals surface area contributed by atoms with E-state index in [4.69, 9.17) is 5.11 Å². The van der Waals surface area contributed by atoms with Crippen LogP contribution in [0.4, 0.5) is 18.9 Å². The molecular weight excluding hydrogens is 331 g/mol. The minimum atomic E-state index is -4.80. The molecule has 0 aliphatic rings. The smallest absolute Gasteiger partial charge is 0.478 e. The second-order valence-electron chi connectivity index (χ2n) is 3.31. The molecule has 1 rings (SSSR count). The van der Waals surface area contributed by atoms with E-state index >= 15 is 0 Å². The van der Waals surface area contributed by atoms with Gasteiger partial charge in [-0.25, -0.2) is 4.79 Å². The van der Waals surface area contributed by atoms with Gasteiger partial charge < -0.3 is 15.2 Å². The monoisotopic (exact) mass is 339 g/mol. The van der Waals surface area contributed by atoms with E-state index in [0.29, 0.717) is 4.47 Å². The molecule has 4 nitrogen and oxygen atoms in total. The zero-order chi connectivity index (χ0) is 14.5. The molecule has 0 heterocycles. The van der Waals surface area contributed by atoms with Crippen LogP contribution < -0.4 is 10.1 Å². The normalized spacial score (nSPS) is 11.6. The number of halogens is 4. The molecule has 1 aromatic carbocycles. The first-order chi connectivity index (χ1) is 8.78. The van der Waals surface area contributed by atoms with E-state index in [-0.39, 0.29) is 12.2 Å². The summed E-state index contributed by atoms with van der Waals surface area (Å²) in [6.07, 6.45) is -2.65. The number of aliphatic carboxylic acids is 1. The maximum atomic E-state index is 12.2. The van der Waals surface area contributed by atoms with Crippen LogP contribution in [0.15, 0.2) is 34.8 Å². The lowest BCUT2D eigenvalue weighted by Gasteiger charge is -2.14. The van der Waals surface area contributed by atoms with E-state index in [1.54, 1.807) is 0 Å². The molecule has 104 valence electrons. The van der Waals surface area contributed by atoms with Crippen LogP contribution in [-0.4, -0.2) is 24.0 Å². The minimum absolute atomic E-state index is 0.0577. The average molecular weight is 340 g/mol. The summed E-state index contributed by atoms with van der Waals surface area (Å²) in [5.74, 6) is -1.53. The zero-order valence-electron chi connectivity index (χ0n) is 9.37. The molecule has 0 unspecified atom stereocenters. The van der Waals surface area contributed by atoms with E-state index < -0.39 is 18.1 Å². The predicted octanol–water partition coefficient (Wildman–Crippen LogP) is 3.40. The van der Waals surface area contributed by atoms with Crippen LogP contribution in [0.3, 0.4) is 0 Å². The van der Waals surface area contributed by atoms with Crippen molar-refractivity contribution in [2.75, 3.05) is 11.9 Å². The molecule has 0 atom stereocenters. The summed E-state index contributed by atoms with van der Waals surface area (Å²) in [4.78, 5) is 10.2. The Kier molecular flexibility index (Phi) is 5.22. The van der Waals surface area contributed by atoms with Crippen LogP contribution in [0.2, 0.25) is 0 Å². The third-order valence-corrected chi connectivity index (χ3v) is 2.33. The number of hydrogen-bond donors (Lipinski definition) is 2. The Morgan fingerprint density at radius 2 is 2.16 bits per heavy atom. The summed E-state index contributed by atoms with van der Waals surface area (Å²) in [5, 5.41) is 11.0. The van der Waals surface area contributed by atoms with E-state index in [2.05, 4.69) is 26.0 Å². The number of ether oxygens (including phenoxy) is 1. The van der Waals surface area contributed by atoms with Gasteiger partial charge in [-0.15, -0.1) is 13.2 Å². The number of carboxylic acids is 1. The summed E-state index contributed by atoms with van der Waals surface area (Å²) in [7, 11) is 0. The van der Waals surface area contributed by atoms with Gasteiger partial charge in [-0.3, -0.25) is 0 Å². The standard InChI is InChI=1S/C11H9BrF3NO3/c12-7-3-4-8(16-5-1-2-10(17)18)9(6-7)19-11(13,14)15/h1-4,6,16H,5H2,(H,17,18)/b2-1+. The fraction of sp³-hybridized carbons (Fsp3) is 0.182. The van der Waals surface area contributed by atoms with Crippen molar-refractivity contribution in [3.63, 3.8) is 0 Å². The van der Waals surface area contributed by atoms with E-state index in [1.165, 1.54) is 18.2 Å². The second kappa shape index (κ2) is 6.46. The van der Waals surface area contributed by atoms with Crippen molar-refractivity contribution in [1.29, 1.82) is 0 Å². The van der Waals surface area contributed by atoms with Crippen molar-refractivity contribution in [3.05, 3.63) is 34.8 Å². The molecule has 0 amide bonds. The first-order valence-electron chi connectivity index (χ1n) is 4.96. The molecule has 19 heavy (non-hydrogen) atoms. The summed E-state index contributed by atoms with van der Waals surface area (Å²) in [5.41, 5.74) is 0.107. The van der Waals surface area contributed by atoms with Gasteiger partial charge in [-0.1, -0.05) is 22.0 Å². The molecule has 8 heteroatoms. The van der Waals surface area contributed by atoms with Crippen molar-refractivity contribution in [3.8, 4) is 5.75 Å². The Bertz CT molecular complexity index is 489. The topological polar surface area (TPSA) is 58.6 Å². The Morgan fingerprint density at radius 1 is 1.47 bits per heavy atom. The molecule has 0 aliphatic heterocycles. The maximum Gasteiger partial charge on any atom is 0.573 e. The Hall–Kier alpha value is -1.70. The summed E-state index contributed by atoms with van der Waals surface area (Å²) >= 11 is 3.04. The van der Waals surface area contributed by atoms with Crippen LogP contribution in [0.1, 0.15) is 0 Å². The molecular formula is C11H9BrF3NO3. The van der Waals surface area contributed by atoms with E-state index in [0.717, 1.165) is 12.1 Å². The molecule has 0 aromatic heterocycles. The van der Waals surface area contributed by atoms with Crippen LogP contribution in [0.25, 0.3) is 0 Å². The van der Waals surface area contributed by atoms with Crippen molar-refractivity contribution in [1.82, 2.24) is 0 Å². The number of rotatable bonds is 5. The van der Waals surface area contributed by atoms with E-state index in [1.807, 2.05) is 0 Å². The summed E-state index contributed by atoms with van der Waals surface area (Å²) < 4.78 is 40.9. The second-order valence-corrected chi connectivity index (χ2v) is 4.23. The molecule has 0 radical (unpaired) electrons. The molecule has 0 spiro atoms. The fourth-order valence-corrected chi connectivity index (χ4v) is 1.52. The van der Waals surface area contributed by atoms with Gasteiger partial charge in [0.1, 0.15) is 0 Å². The van der Waals surface area contributed by atoms with Gasteiger partial charge in [0, 0.05) is 17.1 Å². The number of alkyl halides is 3. The Labute approximate surface area is 115 Å². The van der Waals surface area contributed by atoms with Crippen LogP contribution in [-0.2, 0) is 4.79 Å². The van der Waals surface area contributed by atoms with Gasteiger partial charge in [0.2, 0.25) is 0 Å². The van der Waals surface area contributed by atoms with E-state index in [9.17, 15) is 18.0 Å². The first-order valence-corrected chi connectivity index (χ1v) is 5.76. The Balaban J connectivity index is 2.79. The summed E-state index contributed by atoms with van der Waals surface area (Å²) in [6.45, 7) is 0.0577. The number of carbonyl (C=O) groups is 1. The molecule has 2 N–H and O–H groups in total. The average Bonchev–Trinajstić information content (AvgIpc) is 2.24. The number of nitrogens with one attached hydrogen (secondary N) is 1. The largest absolute Gasteiger partial charge is 0.573 e. The molecule has 0 fully saturated rings. The van der Waals surface area contributed by atoms with Crippen molar-refractivity contribution >= 4 is 27.6 Å². The first kappa shape index (κ1) is 15.4. The van der Waals surface area contributed by atoms with Gasteiger partial charge in [-0.05, 0) is 18.2 Å². The molecule has 0 aliphatic carbocycles. The van der Waals surface area contributed by atoms with Gasteiger partial charge in [0.15, 0.2) is 5.75 Å². The molecule has 0 saturated carbocycles. The highest BCUT2D eigenvalue weighted by atomic mass is 79.9. The molecule has 0 saturated heterocycles. The molecule has 1 aromatic rings. The lowest BCUT2D eigenvalue weighted by Crippen LogP contribution is -2.18. The third kappa shape index (κ3) is 6.14. The highest BCUT2D eigenvalue weighted by Crippen LogP contribution is 2.32. The highest BCUT2D eigenvalue weighted by molar-refractivity contribution is 9.10. The lowest BCUT2D eigenvalue weighted by molar-refractivity contribution is -0.274. The van der Waals surface area contributed by atoms with Gasteiger partial charge in [0.25, 0.3) is 0 Å². The van der Waals surface area contributed by atoms with Gasteiger partial charge >= 0.3 is 12.3 Å². The number of anilines is 1. The number of benzene rings is 1. The van der Waals surface area contributed by atoms with Crippen molar-refractivity contribution in [2.24, 2.45) is 0 Å². The predicted molar refractivity (Wildman–Crippen MR) is 66.1 cm³/mol. The SMILES string of the molecule is O=C(O)/C=C/CNc1ccc(Br)cc1OC(F)(F)F. The minimum Gasteiger partial charge on any atom is -0.478 e. The quantitative estimate of drug-likeness (QED) is 0.807. The highest BCUT2D eigenvalue weighted by Gasteiger charge is 2.32. The Morgan fingerprint density at radius 3 is 2.74 bits per heavy atom. The van der Waals surface area contributed by atoms with Crippen molar-refractivity contribution in [2.45, 2.75) is 6.36 Å². The lowest BCUT2D eigenvalue weighted by atomic mass is 10.3. The maximum absolute atomic E-state index is 12.2. The van der Waals surface area contributed by atoms with Crippen molar-refractivity contribution < 1.29 is 27.8 Å². The molecule has 0 bridgehead atoms. The van der Waals surface area contributed by atoms with Crippen LogP contribution in [0.5, 0.6) is 5.75 Å². The van der Waals surface area contributed by atoms with Gasteiger partial charge in [-0.2, -0.15) is 0 Å². The number of carboxylic acid groups (broad SMARTS) is 1. The third-order valence-electron chi connectivity index (χ3n) is 1.84. The fourth-order valence-electron chi connectivity index (χ4n) is 1.18. The van der Waals surface area contributed by atoms with Crippen LogP contribution in [0, 0.1) is 0 Å².